The molecule has 1 saturated heterocycles. The van der Waals surface area contributed by atoms with Crippen molar-refractivity contribution >= 4 is 11.6 Å². The highest BCUT2D eigenvalue weighted by molar-refractivity contribution is 5.82. The molecule has 2 aromatic heterocycles. The highest BCUT2D eigenvalue weighted by Crippen LogP contribution is 2.28. The third kappa shape index (κ3) is 3.68. The first-order valence-corrected chi connectivity index (χ1v) is 10.4. The van der Waals surface area contributed by atoms with Crippen molar-refractivity contribution in [3.63, 3.8) is 0 Å². The zero-order valence-corrected chi connectivity index (χ0v) is 17.2. The summed E-state index contributed by atoms with van der Waals surface area (Å²) >= 11 is 0. The number of pyridine rings is 1. The van der Waals surface area contributed by atoms with Crippen LogP contribution in [0.25, 0.3) is 16.9 Å². The number of hydrogen-bond donors (Lipinski definition) is 0. The van der Waals surface area contributed by atoms with Crippen molar-refractivity contribution in [2.45, 2.75) is 52.9 Å². The van der Waals surface area contributed by atoms with Gasteiger partial charge >= 0.3 is 0 Å². The summed E-state index contributed by atoms with van der Waals surface area (Å²) in [5.74, 6) is 0.217. The Bertz CT molecular complexity index is 1010. The van der Waals surface area contributed by atoms with Crippen molar-refractivity contribution in [1.29, 1.82) is 0 Å². The van der Waals surface area contributed by atoms with Gasteiger partial charge in [0.15, 0.2) is 0 Å². The van der Waals surface area contributed by atoms with Gasteiger partial charge < -0.3 is 9.30 Å². The molecule has 0 atom stereocenters. The SMILES string of the molecule is Cc1ccn2c(CC(=O)N3CCCCCC3)c(-c3ccc(C)c(C)c3)nc2c1. The molecule has 0 spiro atoms. The molecule has 0 radical (unpaired) electrons. The molecule has 1 aliphatic rings. The zero-order chi connectivity index (χ0) is 19.7. The van der Waals surface area contributed by atoms with Gasteiger partial charge in [0.1, 0.15) is 5.65 Å². The van der Waals surface area contributed by atoms with Crippen molar-refractivity contribution in [3.05, 3.63) is 58.9 Å². The number of hydrogen-bond acceptors (Lipinski definition) is 2. The lowest BCUT2D eigenvalue weighted by Gasteiger charge is -2.20. The minimum absolute atomic E-state index is 0.217. The van der Waals surface area contributed by atoms with Gasteiger partial charge in [0.05, 0.1) is 17.8 Å². The molecule has 1 aromatic carbocycles. The molecular weight excluding hydrogens is 346 g/mol. The van der Waals surface area contributed by atoms with Crippen LogP contribution in [0.5, 0.6) is 0 Å². The average Bonchev–Trinajstić information content (AvgIpc) is 2.85. The van der Waals surface area contributed by atoms with Crippen LogP contribution in [0.15, 0.2) is 36.5 Å². The molecule has 1 amide bonds. The van der Waals surface area contributed by atoms with Crippen LogP contribution >= 0.6 is 0 Å². The number of carbonyl (C=O) groups is 1. The summed E-state index contributed by atoms with van der Waals surface area (Å²) in [4.78, 5) is 20.1. The molecule has 28 heavy (non-hydrogen) atoms. The number of rotatable bonds is 3. The summed E-state index contributed by atoms with van der Waals surface area (Å²) in [6.45, 7) is 8.09. The number of benzene rings is 1. The summed E-state index contributed by atoms with van der Waals surface area (Å²) in [6.07, 6.45) is 7.13. The summed E-state index contributed by atoms with van der Waals surface area (Å²) in [5, 5.41) is 0. The Morgan fingerprint density at radius 1 is 0.964 bits per heavy atom. The van der Waals surface area contributed by atoms with Gasteiger partial charge in [0.2, 0.25) is 5.91 Å². The van der Waals surface area contributed by atoms with Crippen LogP contribution in [0.1, 0.15) is 48.1 Å². The highest BCUT2D eigenvalue weighted by Gasteiger charge is 2.21. The number of likely N-dealkylation sites (tertiary alicyclic amines) is 1. The van der Waals surface area contributed by atoms with E-state index in [1.54, 1.807) is 0 Å². The van der Waals surface area contributed by atoms with Gasteiger partial charge in [0.25, 0.3) is 0 Å². The van der Waals surface area contributed by atoms with E-state index < -0.39 is 0 Å². The molecule has 4 heteroatoms. The van der Waals surface area contributed by atoms with E-state index in [2.05, 4.69) is 55.5 Å². The Morgan fingerprint density at radius 3 is 2.43 bits per heavy atom. The minimum atomic E-state index is 0.217. The van der Waals surface area contributed by atoms with Crippen LogP contribution in [-0.2, 0) is 11.2 Å². The lowest BCUT2D eigenvalue weighted by Crippen LogP contribution is -2.33. The van der Waals surface area contributed by atoms with Crippen LogP contribution in [0.4, 0.5) is 0 Å². The third-order valence-electron chi connectivity index (χ3n) is 5.94. The van der Waals surface area contributed by atoms with Crippen LogP contribution in [0, 0.1) is 20.8 Å². The van der Waals surface area contributed by atoms with Crippen LogP contribution in [0.2, 0.25) is 0 Å². The molecule has 0 saturated carbocycles. The first-order valence-electron chi connectivity index (χ1n) is 10.4. The molecule has 0 bridgehead atoms. The van der Waals surface area contributed by atoms with E-state index in [1.807, 2.05) is 11.1 Å². The first-order chi connectivity index (χ1) is 13.5. The summed E-state index contributed by atoms with van der Waals surface area (Å²) < 4.78 is 2.09. The molecule has 1 fully saturated rings. The van der Waals surface area contributed by atoms with E-state index in [1.165, 1.54) is 29.5 Å². The number of aromatic nitrogens is 2. The molecular formula is C24H29N3O. The lowest BCUT2D eigenvalue weighted by molar-refractivity contribution is -0.130. The summed E-state index contributed by atoms with van der Waals surface area (Å²) in [7, 11) is 0. The normalized spacial score (nSPS) is 15.0. The fourth-order valence-corrected chi connectivity index (χ4v) is 4.06. The molecule has 1 aliphatic heterocycles. The molecule has 0 unspecified atom stereocenters. The molecule has 3 aromatic rings. The van der Waals surface area contributed by atoms with Gasteiger partial charge in [0, 0.05) is 24.8 Å². The number of fused-ring (bicyclic) bond motifs is 1. The fourth-order valence-electron chi connectivity index (χ4n) is 4.06. The van der Waals surface area contributed by atoms with E-state index in [0.29, 0.717) is 6.42 Å². The van der Waals surface area contributed by atoms with Gasteiger partial charge in [-0.25, -0.2) is 4.98 Å². The Kier molecular flexibility index (Phi) is 5.21. The van der Waals surface area contributed by atoms with Crippen LogP contribution in [0.3, 0.4) is 0 Å². The summed E-state index contributed by atoms with van der Waals surface area (Å²) in [5.41, 5.74) is 7.61. The van der Waals surface area contributed by atoms with Crippen LogP contribution < -0.4 is 0 Å². The smallest absolute Gasteiger partial charge is 0.228 e. The predicted octanol–water partition coefficient (Wildman–Crippen LogP) is 4.87. The topological polar surface area (TPSA) is 37.6 Å². The quantitative estimate of drug-likeness (QED) is 0.655. The highest BCUT2D eigenvalue weighted by atomic mass is 16.2. The van der Waals surface area contributed by atoms with Crippen LogP contribution in [-0.4, -0.2) is 33.3 Å². The van der Waals surface area contributed by atoms with E-state index in [4.69, 9.17) is 4.98 Å². The second-order valence-corrected chi connectivity index (χ2v) is 8.11. The fraction of sp³-hybridized carbons (Fsp3) is 0.417. The lowest BCUT2D eigenvalue weighted by atomic mass is 10.0. The predicted molar refractivity (Wildman–Crippen MR) is 114 cm³/mol. The number of nitrogens with zero attached hydrogens (tertiary/aromatic N) is 3. The Morgan fingerprint density at radius 2 is 1.71 bits per heavy atom. The first kappa shape index (κ1) is 18.7. The van der Waals surface area contributed by atoms with Gasteiger partial charge in [-0.3, -0.25) is 4.79 Å². The van der Waals surface area contributed by atoms with Crippen molar-refractivity contribution < 1.29 is 4.79 Å². The maximum atomic E-state index is 13.1. The molecule has 0 aliphatic carbocycles. The zero-order valence-electron chi connectivity index (χ0n) is 17.2. The van der Waals surface area contributed by atoms with Crippen molar-refractivity contribution in [1.82, 2.24) is 14.3 Å². The van der Waals surface area contributed by atoms with E-state index in [0.717, 1.165) is 48.5 Å². The van der Waals surface area contributed by atoms with Gasteiger partial charge in [-0.1, -0.05) is 25.0 Å². The molecule has 0 N–H and O–H groups in total. The number of carbonyl (C=O) groups excluding carboxylic acids is 1. The van der Waals surface area contributed by atoms with E-state index >= 15 is 0 Å². The Labute approximate surface area is 167 Å². The van der Waals surface area contributed by atoms with Crippen molar-refractivity contribution in [2.75, 3.05) is 13.1 Å². The van der Waals surface area contributed by atoms with Crippen molar-refractivity contribution in [2.24, 2.45) is 0 Å². The molecule has 3 heterocycles. The number of aryl methyl sites for hydroxylation is 3. The second-order valence-electron chi connectivity index (χ2n) is 8.11. The largest absolute Gasteiger partial charge is 0.342 e. The minimum Gasteiger partial charge on any atom is -0.342 e. The molecule has 4 rings (SSSR count). The summed E-state index contributed by atoms with van der Waals surface area (Å²) in [6, 6.07) is 10.6. The molecule has 4 nitrogen and oxygen atoms in total. The maximum absolute atomic E-state index is 13.1. The van der Waals surface area contributed by atoms with Crippen molar-refractivity contribution in [3.8, 4) is 11.3 Å². The van der Waals surface area contributed by atoms with E-state index in [9.17, 15) is 4.79 Å². The standard InChI is InChI=1S/C24H29N3O/c1-17-10-13-27-21(16-23(28)26-11-6-4-5-7-12-26)24(25-22(27)14-17)20-9-8-18(2)19(3)15-20/h8-10,13-15H,4-7,11-12,16H2,1-3H3. The number of imidazole rings is 1. The average molecular weight is 376 g/mol. The maximum Gasteiger partial charge on any atom is 0.228 e. The second kappa shape index (κ2) is 7.78. The number of amides is 1. The monoisotopic (exact) mass is 375 g/mol. The van der Waals surface area contributed by atoms with Gasteiger partial charge in [-0.2, -0.15) is 0 Å². The van der Waals surface area contributed by atoms with E-state index in [-0.39, 0.29) is 5.91 Å². The third-order valence-corrected chi connectivity index (χ3v) is 5.94. The molecule has 146 valence electrons. The Hall–Kier alpha value is -2.62. The Balaban J connectivity index is 1.76. The van der Waals surface area contributed by atoms with Gasteiger partial charge in [-0.15, -0.1) is 0 Å². The van der Waals surface area contributed by atoms with Gasteiger partial charge in [-0.05, 0) is 68.5 Å².